The third-order valence-corrected chi connectivity index (χ3v) is 1.60. The van der Waals surface area contributed by atoms with Gasteiger partial charge < -0.3 is 15.4 Å². The highest BCUT2D eigenvalue weighted by Crippen LogP contribution is 1.79. The molecule has 0 saturated carbocycles. The molecule has 2 N–H and O–H groups in total. The Kier molecular flexibility index (Phi) is 8.40. The fourth-order valence-corrected chi connectivity index (χ4v) is 0.942. The molecule has 80 valence electrons. The van der Waals surface area contributed by atoms with Crippen molar-refractivity contribution in [2.24, 2.45) is 0 Å². The van der Waals surface area contributed by atoms with Gasteiger partial charge in [-0.1, -0.05) is 27.7 Å². The molecule has 13 heavy (non-hydrogen) atoms. The minimum Gasteiger partial charge on any atom is -0.379 e. The Hall–Kier alpha value is -0.120. The summed E-state index contributed by atoms with van der Waals surface area (Å²) >= 11 is 0. The number of nitrogens with one attached hydrogen (secondary N) is 2. The van der Waals surface area contributed by atoms with Crippen LogP contribution in [-0.2, 0) is 4.74 Å². The molecule has 0 aliphatic carbocycles. The van der Waals surface area contributed by atoms with Gasteiger partial charge in [-0.05, 0) is 0 Å². The van der Waals surface area contributed by atoms with Crippen LogP contribution in [0.5, 0.6) is 0 Å². The summed E-state index contributed by atoms with van der Waals surface area (Å²) in [6, 6.07) is 1.11. The van der Waals surface area contributed by atoms with Crippen molar-refractivity contribution in [3.8, 4) is 0 Å². The largest absolute Gasteiger partial charge is 0.379 e. The van der Waals surface area contributed by atoms with Gasteiger partial charge in [-0.15, -0.1) is 0 Å². The van der Waals surface area contributed by atoms with Crippen molar-refractivity contribution < 1.29 is 4.74 Å². The van der Waals surface area contributed by atoms with Crippen molar-refractivity contribution in [2.45, 2.75) is 39.8 Å². The van der Waals surface area contributed by atoms with Crippen molar-refractivity contribution in [1.82, 2.24) is 10.6 Å². The molecular weight excluding hydrogens is 164 g/mol. The van der Waals surface area contributed by atoms with Crippen LogP contribution in [0.25, 0.3) is 0 Å². The van der Waals surface area contributed by atoms with Crippen molar-refractivity contribution in [3.05, 3.63) is 0 Å². The van der Waals surface area contributed by atoms with Crippen LogP contribution in [0.1, 0.15) is 27.7 Å². The van der Waals surface area contributed by atoms with Crippen molar-refractivity contribution >= 4 is 0 Å². The van der Waals surface area contributed by atoms with Crippen LogP contribution in [0.15, 0.2) is 0 Å². The fourth-order valence-electron chi connectivity index (χ4n) is 0.942. The summed E-state index contributed by atoms with van der Waals surface area (Å²) in [7, 11) is 0. The molecule has 0 unspecified atom stereocenters. The number of hydrogen-bond donors (Lipinski definition) is 2. The first kappa shape index (κ1) is 12.9. The molecule has 3 nitrogen and oxygen atoms in total. The second-order valence-corrected chi connectivity index (χ2v) is 3.83. The van der Waals surface area contributed by atoms with E-state index in [0.29, 0.717) is 12.1 Å². The molecule has 3 heteroatoms. The highest BCUT2D eigenvalue weighted by Gasteiger charge is 1.93. The molecule has 0 radical (unpaired) electrons. The third kappa shape index (κ3) is 11.9. The molecule has 0 aliphatic heterocycles. The molecule has 0 aromatic heterocycles. The second kappa shape index (κ2) is 8.48. The summed E-state index contributed by atoms with van der Waals surface area (Å²) < 4.78 is 5.41. The predicted octanol–water partition coefficient (Wildman–Crippen LogP) is 0.999. The molecule has 0 amide bonds. The van der Waals surface area contributed by atoms with E-state index in [1.807, 2.05) is 0 Å². The molecule has 0 aromatic carbocycles. The zero-order valence-electron chi connectivity index (χ0n) is 9.39. The van der Waals surface area contributed by atoms with Gasteiger partial charge in [-0.2, -0.15) is 0 Å². The summed E-state index contributed by atoms with van der Waals surface area (Å²) in [4.78, 5) is 0. The molecule has 0 saturated heterocycles. The van der Waals surface area contributed by atoms with Crippen LogP contribution in [0.4, 0.5) is 0 Å². The van der Waals surface area contributed by atoms with Gasteiger partial charge >= 0.3 is 0 Å². The van der Waals surface area contributed by atoms with E-state index in [9.17, 15) is 0 Å². The summed E-state index contributed by atoms with van der Waals surface area (Å²) in [6.45, 7) is 12.1. The molecule has 0 aliphatic rings. The Balaban J connectivity index is 2.92. The van der Waals surface area contributed by atoms with Gasteiger partial charge in [0.05, 0.1) is 13.2 Å². The van der Waals surface area contributed by atoms with Crippen molar-refractivity contribution in [3.63, 3.8) is 0 Å². The van der Waals surface area contributed by atoms with E-state index in [0.717, 1.165) is 26.3 Å². The summed E-state index contributed by atoms with van der Waals surface area (Å²) in [5.41, 5.74) is 0. The molecule has 0 spiro atoms. The number of hydrogen-bond acceptors (Lipinski definition) is 3. The van der Waals surface area contributed by atoms with Gasteiger partial charge in [-0.3, -0.25) is 0 Å². The first-order valence-corrected chi connectivity index (χ1v) is 5.17. The first-order chi connectivity index (χ1) is 6.13. The highest BCUT2D eigenvalue weighted by atomic mass is 16.5. The Morgan fingerprint density at radius 3 is 1.54 bits per heavy atom. The van der Waals surface area contributed by atoms with Crippen LogP contribution < -0.4 is 10.6 Å². The normalized spacial score (nSPS) is 11.5. The average molecular weight is 188 g/mol. The van der Waals surface area contributed by atoms with Gasteiger partial charge in [0, 0.05) is 25.2 Å². The number of rotatable bonds is 8. The average Bonchev–Trinajstić information content (AvgIpc) is 2.01. The summed E-state index contributed by atoms with van der Waals surface area (Å²) in [6.07, 6.45) is 0. The molecule has 0 atom stereocenters. The van der Waals surface area contributed by atoms with Crippen molar-refractivity contribution in [2.75, 3.05) is 26.3 Å². The molecular formula is C10H24N2O. The molecule has 0 fully saturated rings. The summed E-state index contributed by atoms with van der Waals surface area (Å²) in [5.74, 6) is 0. The quantitative estimate of drug-likeness (QED) is 0.558. The summed E-state index contributed by atoms with van der Waals surface area (Å²) in [5, 5.41) is 6.60. The van der Waals surface area contributed by atoms with Crippen LogP contribution >= 0.6 is 0 Å². The van der Waals surface area contributed by atoms with E-state index in [2.05, 4.69) is 38.3 Å². The highest BCUT2D eigenvalue weighted by molar-refractivity contribution is 4.53. The third-order valence-electron chi connectivity index (χ3n) is 1.60. The minimum atomic E-state index is 0.553. The maximum absolute atomic E-state index is 5.41. The van der Waals surface area contributed by atoms with E-state index in [4.69, 9.17) is 4.74 Å². The van der Waals surface area contributed by atoms with E-state index in [1.165, 1.54) is 0 Å². The maximum atomic E-state index is 5.41. The predicted molar refractivity (Wildman–Crippen MR) is 57.1 cm³/mol. The van der Waals surface area contributed by atoms with Gasteiger partial charge in [0.15, 0.2) is 0 Å². The lowest BCUT2D eigenvalue weighted by atomic mass is 10.4. The van der Waals surface area contributed by atoms with Gasteiger partial charge in [0.25, 0.3) is 0 Å². The Morgan fingerprint density at radius 2 is 1.23 bits per heavy atom. The number of ether oxygens (including phenoxy) is 1. The zero-order valence-corrected chi connectivity index (χ0v) is 9.39. The Morgan fingerprint density at radius 1 is 0.846 bits per heavy atom. The monoisotopic (exact) mass is 188 g/mol. The zero-order chi connectivity index (χ0) is 10.1. The van der Waals surface area contributed by atoms with Crippen molar-refractivity contribution in [1.29, 1.82) is 0 Å². The fraction of sp³-hybridized carbons (Fsp3) is 1.00. The Labute approximate surface area is 82.2 Å². The van der Waals surface area contributed by atoms with Crippen LogP contribution in [0.2, 0.25) is 0 Å². The lowest BCUT2D eigenvalue weighted by Gasteiger charge is -2.10. The topological polar surface area (TPSA) is 33.3 Å². The SMILES string of the molecule is CC(C)NCCOCCNC(C)C. The van der Waals surface area contributed by atoms with Crippen LogP contribution in [0, 0.1) is 0 Å². The van der Waals surface area contributed by atoms with E-state index >= 15 is 0 Å². The Bertz CT molecular complexity index is 93.1. The lowest BCUT2D eigenvalue weighted by Crippen LogP contribution is -2.29. The van der Waals surface area contributed by atoms with Crippen LogP contribution in [-0.4, -0.2) is 38.4 Å². The maximum Gasteiger partial charge on any atom is 0.0591 e. The molecule has 0 rings (SSSR count). The van der Waals surface area contributed by atoms with E-state index < -0.39 is 0 Å². The standard InChI is InChI=1S/C10H24N2O/c1-9(2)11-5-7-13-8-6-12-10(3)4/h9-12H,5-8H2,1-4H3. The van der Waals surface area contributed by atoms with Crippen LogP contribution in [0.3, 0.4) is 0 Å². The van der Waals surface area contributed by atoms with Gasteiger partial charge in [0.1, 0.15) is 0 Å². The first-order valence-electron chi connectivity index (χ1n) is 5.17. The molecule has 0 aromatic rings. The van der Waals surface area contributed by atoms with Gasteiger partial charge in [-0.25, -0.2) is 0 Å². The smallest absolute Gasteiger partial charge is 0.0591 e. The lowest BCUT2D eigenvalue weighted by molar-refractivity contribution is 0.135. The second-order valence-electron chi connectivity index (χ2n) is 3.83. The van der Waals surface area contributed by atoms with E-state index in [-0.39, 0.29) is 0 Å². The molecule has 0 heterocycles. The minimum absolute atomic E-state index is 0.553. The van der Waals surface area contributed by atoms with Gasteiger partial charge in [0.2, 0.25) is 0 Å². The van der Waals surface area contributed by atoms with E-state index in [1.54, 1.807) is 0 Å². The molecule has 0 bridgehead atoms.